The van der Waals surface area contributed by atoms with Gasteiger partial charge in [0.2, 0.25) is 5.89 Å². The first-order valence-corrected chi connectivity index (χ1v) is 4.82. The molecule has 1 fully saturated rings. The Morgan fingerprint density at radius 1 is 1.85 bits per heavy atom. The summed E-state index contributed by atoms with van der Waals surface area (Å²) in [6, 6.07) is -0.498. The minimum Gasteiger partial charge on any atom is -0.480 e. The highest BCUT2D eigenvalue weighted by Crippen LogP contribution is 2.31. The van der Waals surface area contributed by atoms with Crippen LogP contribution in [0.1, 0.15) is 11.3 Å². The Morgan fingerprint density at radius 3 is 3.23 bits per heavy atom. The standard InChI is InChI=1S/C7H8N2O3S/c10-7(11)4-3-13-6(9-4)5-8-1-2-12-5/h1-2,4,6,9H,3H2,(H,10,11)/t4?,6-/m1/s1. The van der Waals surface area contributed by atoms with E-state index < -0.39 is 12.0 Å². The van der Waals surface area contributed by atoms with E-state index in [4.69, 9.17) is 9.52 Å². The third-order valence-corrected chi connectivity index (χ3v) is 2.95. The number of nitrogens with zero attached hydrogens (tertiary/aromatic N) is 1. The molecule has 1 aromatic rings. The quantitative estimate of drug-likeness (QED) is 0.722. The molecule has 2 heterocycles. The van der Waals surface area contributed by atoms with Crippen LogP contribution in [0.25, 0.3) is 0 Å². The Balaban J connectivity index is 2.03. The van der Waals surface area contributed by atoms with Crippen molar-refractivity contribution in [3.63, 3.8) is 0 Å². The molecule has 1 aliphatic heterocycles. The fourth-order valence-electron chi connectivity index (χ4n) is 1.12. The second-order valence-corrected chi connectivity index (χ2v) is 3.78. The Kier molecular flexibility index (Phi) is 2.24. The largest absolute Gasteiger partial charge is 0.480 e. The molecule has 0 spiro atoms. The molecule has 0 bridgehead atoms. The van der Waals surface area contributed by atoms with E-state index in [1.807, 2.05) is 0 Å². The summed E-state index contributed by atoms with van der Waals surface area (Å²) >= 11 is 1.49. The van der Waals surface area contributed by atoms with Gasteiger partial charge in [0.15, 0.2) is 0 Å². The predicted octanol–water partition coefficient (Wildman–Crippen LogP) is 0.463. The molecular weight excluding hydrogens is 192 g/mol. The number of hydrogen-bond donors (Lipinski definition) is 2. The number of carbonyl (C=O) groups is 1. The van der Waals surface area contributed by atoms with Crippen molar-refractivity contribution in [1.29, 1.82) is 0 Å². The maximum absolute atomic E-state index is 10.6. The molecule has 2 rings (SSSR count). The number of carboxylic acids is 1. The number of oxazole rings is 1. The average Bonchev–Trinajstić information content (AvgIpc) is 2.75. The summed E-state index contributed by atoms with van der Waals surface area (Å²) in [6.45, 7) is 0. The van der Waals surface area contributed by atoms with Gasteiger partial charge in [-0.3, -0.25) is 10.1 Å². The summed E-state index contributed by atoms with van der Waals surface area (Å²) in [4.78, 5) is 14.5. The molecule has 70 valence electrons. The van der Waals surface area contributed by atoms with E-state index in [0.717, 1.165) is 0 Å². The molecule has 1 unspecified atom stereocenters. The lowest BCUT2D eigenvalue weighted by Gasteiger charge is -2.05. The van der Waals surface area contributed by atoms with Crippen molar-refractivity contribution in [1.82, 2.24) is 10.3 Å². The fourth-order valence-corrected chi connectivity index (χ4v) is 2.26. The molecule has 2 atom stereocenters. The molecule has 0 amide bonds. The lowest BCUT2D eigenvalue weighted by molar-refractivity contribution is -0.138. The van der Waals surface area contributed by atoms with Crippen molar-refractivity contribution in [2.45, 2.75) is 11.4 Å². The van der Waals surface area contributed by atoms with Crippen LogP contribution in [0.4, 0.5) is 0 Å². The highest BCUT2D eigenvalue weighted by molar-refractivity contribution is 7.99. The maximum Gasteiger partial charge on any atom is 0.321 e. The van der Waals surface area contributed by atoms with Gasteiger partial charge in [-0.25, -0.2) is 4.98 Å². The molecule has 2 N–H and O–H groups in total. The first-order chi connectivity index (χ1) is 6.27. The zero-order valence-corrected chi connectivity index (χ0v) is 7.45. The molecule has 1 aromatic heterocycles. The van der Waals surface area contributed by atoms with Gasteiger partial charge in [-0.2, -0.15) is 0 Å². The van der Waals surface area contributed by atoms with Crippen LogP contribution >= 0.6 is 11.8 Å². The highest BCUT2D eigenvalue weighted by atomic mass is 32.2. The maximum atomic E-state index is 10.6. The number of aromatic nitrogens is 1. The van der Waals surface area contributed by atoms with Gasteiger partial charge in [0.1, 0.15) is 17.7 Å². The second kappa shape index (κ2) is 3.39. The van der Waals surface area contributed by atoms with Gasteiger partial charge >= 0.3 is 5.97 Å². The summed E-state index contributed by atoms with van der Waals surface area (Å²) in [7, 11) is 0. The third-order valence-electron chi connectivity index (χ3n) is 1.76. The lowest BCUT2D eigenvalue weighted by atomic mass is 10.3. The van der Waals surface area contributed by atoms with E-state index in [2.05, 4.69) is 10.3 Å². The number of thioether (sulfide) groups is 1. The molecule has 6 heteroatoms. The number of rotatable bonds is 2. The molecule has 13 heavy (non-hydrogen) atoms. The zero-order valence-electron chi connectivity index (χ0n) is 6.64. The Labute approximate surface area is 78.5 Å². The third kappa shape index (κ3) is 1.68. The minimum atomic E-state index is -0.832. The van der Waals surface area contributed by atoms with Crippen molar-refractivity contribution in [3.8, 4) is 0 Å². The Morgan fingerprint density at radius 2 is 2.69 bits per heavy atom. The van der Waals surface area contributed by atoms with Crippen molar-refractivity contribution in [3.05, 3.63) is 18.4 Å². The summed E-state index contributed by atoms with van der Waals surface area (Å²) < 4.78 is 5.06. The second-order valence-electron chi connectivity index (χ2n) is 2.64. The van der Waals surface area contributed by atoms with E-state index in [-0.39, 0.29) is 5.37 Å². The summed E-state index contributed by atoms with van der Waals surface area (Å²) in [5.41, 5.74) is 0. The van der Waals surface area contributed by atoms with E-state index in [9.17, 15) is 4.79 Å². The molecule has 0 aromatic carbocycles. The molecule has 1 aliphatic rings. The van der Waals surface area contributed by atoms with Crippen LogP contribution in [0, 0.1) is 0 Å². The van der Waals surface area contributed by atoms with Crippen molar-refractivity contribution in [2.75, 3.05) is 5.75 Å². The number of aliphatic carboxylic acids is 1. The monoisotopic (exact) mass is 200 g/mol. The van der Waals surface area contributed by atoms with Gasteiger partial charge in [0.25, 0.3) is 0 Å². The van der Waals surface area contributed by atoms with Crippen molar-refractivity contribution < 1.29 is 14.3 Å². The van der Waals surface area contributed by atoms with Crippen LogP contribution in [-0.4, -0.2) is 27.9 Å². The van der Waals surface area contributed by atoms with Gasteiger partial charge in [0.05, 0.1) is 6.20 Å². The molecular formula is C7H8N2O3S. The fraction of sp³-hybridized carbons (Fsp3) is 0.429. The van der Waals surface area contributed by atoms with E-state index >= 15 is 0 Å². The lowest BCUT2D eigenvalue weighted by Crippen LogP contribution is -2.33. The van der Waals surface area contributed by atoms with Crippen LogP contribution in [-0.2, 0) is 4.79 Å². The normalized spacial score (nSPS) is 27.7. The van der Waals surface area contributed by atoms with Crippen LogP contribution in [0.15, 0.2) is 16.9 Å². The number of carboxylic acid groups (broad SMARTS) is 1. The van der Waals surface area contributed by atoms with E-state index in [0.29, 0.717) is 11.6 Å². The topological polar surface area (TPSA) is 75.4 Å². The molecule has 0 saturated carbocycles. The summed E-state index contributed by atoms with van der Waals surface area (Å²) in [5, 5.41) is 11.5. The zero-order chi connectivity index (χ0) is 9.26. The average molecular weight is 200 g/mol. The van der Waals surface area contributed by atoms with Gasteiger partial charge in [-0.05, 0) is 0 Å². The summed E-state index contributed by atoms with van der Waals surface area (Å²) in [6.07, 6.45) is 3.03. The van der Waals surface area contributed by atoms with Gasteiger partial charge < -0.3 is 9.52 Å². The Hall–Kier alpha value is -1.01. The van der Waals surface area contributed by atoms with Gasteiger partial charge in [-0.15, -0.1) is 11.8 Å². The molecule has 0 aliphatic carbocycles. The number of nitrogens with one attached hydrogen (secondary N) is 1. The molecule has 1 saturated heterocycles. The molecule has 0 radical (unpaired) electrons. The van der Waals surface area contributed by atoms with Gasteiger partial charge in [0, 0.05) is 5.75 Å². The van der Waals surface area contributed by atoms with Crippen LogP contribution in [0.2, 0.25) is 0 Å². The highest BCUT2D eigenvalue weighted by Gasteiger charge is 2.32. The first kappa shape index (κ1) is 8.58. The van der Waals surface area contributed by atoms with Crippen LogP contribution in [0.5, 0.6) is 0 Å². The van der Waals surface area contributed by atoms with Crippen molar-refractivity contribution >= 4 is 17.7 Å². The minimum absolute atomic E-state index is 0.129. The van der Waals surface area contributed by atoms with Crippen LogP contribution < -0.4 is 5.32 Å². The first-order valence-electron chi connectivity index (χ1n) is 3.77. The van der Waals surface area contributed by atoms with Crippen molar-refractivity contribution in [2.24, 2.45) is 0 Å². The SMILES string of the molecule is O=C(O)C1CS[C@H](c2ncco2)N1. The Bertz CT molecular complexity index is 301. The van der Waals surface area contributed by atoms with E-state index in [1.54, 1.807) is 6.20 Å². The predicted molar refractivity (Wildman–Crippen MR) is 46.3 cm³/mol. The van der Waals surface area contributed by atoms with Crippen LogP contribution in [0.3, 0.4) is 0 Å². The summed E-state index contributed by atoms with van der Waals surface area (Å²) in [5.74, 6) is 0.248. The van der Waals surface area contributed by atoms with E-state index in [1.165, 1.54) is 18.0 Å². The smallest absolute Gasteiger partial charge is 0.321 e. The number of hydrogen-bond acceptors (Lipinski definition) is 5. The van der Waals surface area contributed by atoms with Gasteiger partial charge in [-0.1, -0.05) is 0 Å². The molecule has 5 nitrogen and oxygen atoms in total.